The van der Waals surface area contributed by atoms with Crippen LogP contribution in [0.3, 0.4) is 0 Å². The van der Waals surface area contributed by atoms with Gasteiger partial charge in [0.25, 0.3) is 0 Å². The van der Waals surface area contributed by atoms with Gasteiger partial charge in [-0.05, 0) is 44.7 Å². The molecule has 0 bridgehead atoms. The minimum Gasteiger partial charge on any atom is -0.481 e. The Bertz CT molecular complexity index is 475. The number of thiophene rings is 1. The number of hydrogen-bond donors (Lipinski definition) is 2. The van der Waals surface area contributed by atoms with Gasteiger partial charge in [0, 0.05) is 15.7 Å². The molecule has 19 heavy (non-hydrogen) atoms. The van der Waals surface area contributed by atoms with Crippen LogP contribution in [0.15, 0.2) is 6.07 Å². The lowest BCUT2D eigenvalue weighted by molar-refractivity contribution is -0.141. The van der Waals surface area contributed by atoms with Gasteiger partial charge in [-0.2, -0.15) is 0 Å². The standard InChI is InChI=1S/C14H19NO3S/c1-8-5-12(19-9(8)2)7-15-13(16)10-3-4-11(6-10)14(17)18/h5,10-11H,3-4,6-7H2,1-2H3,(H,15,16)(H,17,18). The number of amides is 1. The molecule has 1 saturated carbocycles. The molecule has 0 aliphatic heterocycles. The summed E-state index contributed by atoms with van der Waals surface area (Å²) in [5.74, 6) is -1.27. The average molecular weight is 281 g/mol. The normalized spacial score (nSPS) is 22.4. The highest BCUT2D eigenvalue weighted by Crippen LogP contribution is 2.31. The lowest BCUT2D eigenvalue weighted by atomic mass is 10.0. The van der Waals surface area contributed by atoms with E-state index in [1.165, 1.54) is 10.4 Å². The topological polar surface area (TPSA) is 66.4 Å². The largest absolute Gasteiger partial charge is 0.481 e. The van der Waals surface area contributed by atoms with Gasteiger partial charge in [0.05, 0.1) is 12.5 Å². The molecule has 0 aromatic carbocycles. The van der Waals surface area contributed by atoms with E-state index in [4.69, 9.17) is 5.11 Å². The molecule has 1 aliphatic carbocycles. The molecule has 0 spiro atoms. The molecule has 1 fully saturated rings. The Kier molecular flexibility index (Phi) is 4.24. The van der Waals surface area contributed by atoms with Crippen LogP contribution >= 0.6 is 11.3 Å². The van der Waals surface area contributed by atoms with Gasteiger partial charge in [-0.15, -0.1) is 11.3 Å². The highest BCUT2D eigenvalue weighted by Gasteiger charge is 2.33. The van der Waals surface area contributed by atoms with Gasteiger partial charge in [-0.25, -0.2) is 0 Å². The maximum Gasteiger partial charge on any atom is 0.306 e. The SMILES string of the molecule is Cc1cc(CNC(=O)C2CCC(C(=O)O)C2)sc1C. The van der Waals surface area contributed by atoms with Crippen LogP contribution in [0.1, 0.15) is 34.6 Å². The molecule has 2 atom stereocenters. The minimum atomic E-state index is -0.778. The van der Waals surface area contributed by atoms with Gasteiger partial charge in [0.15, 0.2) is 0 Å². The molecular weight excluding hydrogens is 262 g/mol. The molecule has 5 heteroatoms. The Hall–Kier alpha value is -1.36. The van der Waals surface area contributed by atoms with Crippen LogP contribution in [0, 0.1) is 25.7 Å². The van der Waals surface area contributed by atoms with Crippen molar-refractivity contribution in [3.05, 3.63) is 21.4 Å². The van der Waals surface area contributed by atoms with Crippen LogP contribution in [0.4, 0.5) is 0 Å². The zero-order valence-electron chi connectivity index (χ0n) is 11.2. The fourth-order valence-electron chi connectivity index (χ4n) is 2.50. The van der Waals surface area contributed by atoms with E-state index in [1.54, 1.807) is 11.3 Å². The monoisotopic (exact) mass is 281 g/mol. The van der Waals surface area contributed by atoms with Crippen molar-refractivity contribution >= 4 is 23.2 Å². The van der Waals surface area contributed by atoms with Gasteiger partial charge in [-0.1, -0.05) is 0 Å². The minimum absolute atomic E-state index is 0.00699. The molecule has 1 aromatic rings. The van der Waals surface area contributed by atoms with Crippen molar-refractivity contribution < 1.29 is 14.7 Å². The maximum atomic E-state index is 12.0. The van der Waals surface area contributed by atoms with Crippen molar-refractivity contribution in [3.8, 4) is 0 Å². The Labute approximate surface area is 116 Å². The first kappa shape index (κ1) is 14.1. The van der Waals surface area contributed by atoms with Crippen LogP contribution in [0.2, 0.25) is 0 Å². The number of carboxylic acids is 1. The van der Waals surface area contributed by atoms with Crippen molar-refractivity contribution in [1.82, 2.24) is 5.32 Å². The Morgan fingerprint density at radius 1 is 1.37 bits per heavy atom. The quantitative estimate of drug-likeness (QED) is 0.891. The summed E-state index contributed by atoms with van der Waals surface area (Å²) in [6.07, 6.45) is 1.78. The maximum absolute atomic E-state index is 12.0. The lowest BCUT2D eigenvalue weighted by Crippen LogP contribution is -2.29. The second-order valence-electron chi connectivity index (χ2n) is 5.21. The molecule has 1 aliphatic rings. The van der Waals surface area contributed by atoms with Gasteiger partial charge in [0.1, 0.15) is 0 Å². The van der Waals surface area contributed by atoms with Gasteiger partial charge in [0.2, 0.25) is 5.91 Å². The summed E-state index contributed by atoms with van der Waals surface area (Å²) < 4.78 is 0. The molecule has 2 unspecified atom stereocenters. The highest BCUT2D eigenvalue weighted by molar-refractivity contribution is 7.12. The Morgan fingerprint density at radius 2 is 2.05 bits per heavy atom. The van der Waals surface area contributed by atoms with E-state index in [1.807, 2.05) is 0 Å². The van der Waals surface area contributed by atoms with Crippen LogP contribution in [-0.2, 0) is 16.1 Å². The summed E-state index contributed by atoms with van der Waals surface area (Å²) in [5, 5.41) is 11.8. The summed E-state index contributed by atoms with van der Waals surface area (Å²) in [6.45, 7) is 4.68. The first-order valence-corrected chi connectivity index (χ1v) is 7.35. The van der Waals surface area contributed by atoms with Crippen molar-refractivity contribution in [2.75, 3.05) is 0 Å². The molecule has 1 amide bonds. The third kappa shape index (κ3) is 3.35. The number of aliphatic carboxylic acids is 1. The molecule has 0 saturated heterocycles. The Balaban J connectivity index is 1.83. The van der Waals surface area contributed by atoms with E-state index >= 15 is 0 Å². The fraction of sp³-hybridized carbons (Fsp3) is 0.571. The van der Waals surface area contributed by atoms with E-state index in [-0.39, 0.29) is 17.7 Å². The van der Waals surface area contributed by atoms with Gasteiger partial charge < -0.3 is 10.4 Å². The summed E-state index contributed by atoms with van der Waals surface area (Å²) in [5.41, 5.74) is 1.25. The summed E-state index contributed by atoms with van der Waals surface area (Å²) >= 11 is 1.70. The summed E-state index contributed by atoms with van der Waals surface area (Å²) in [4.78, 5) is 25.3. The molecule has 1 heterocycles. The lowest BCUT2D eigenvalue weighted by Gasteiger charge is -2.09. The number of rotatable bonds is 4. The van der Waals surface area contributed by atoms with Gasteiger partial charge >= 0.3 is 5.97 Å². The average Bonchev–Trinajstić information content (AvgIpc) is 2.95. The smallest absolute Gasteiger partial charge is 0.306 e. The van der Waals surface area contributed by atoms with Crippen LogP contribution in [-0.4, -0.2) is 17.0 Å². The second-order valence-corrected chi connectivity index (χ2v) is 6.56. The number of aryl methyl sites for hydroxylation is 2. The van der Waals surface area contributed by atoms with Crippen molar-refractivity contribution in [1.29, 1.82) is 0 Å². The van der Waals surface area contributed by atoms with Crippen LogP contribution in [0.25, 0.3) is 0 Å². The van der Waals surface area contributed by atoms with E-state index in [2.05, 4.69) is 25.2 Å². The third-order valence-corrected chi connectivity index (χ3v) is 4.96. The number of carbonyl (C=O) groups is 2. The molecule has 0 radical (unpaired) electrons. The van der Waals surface area contributed by atoms with E-state index in [0.29, 0.717) is 25.8 Å². The summed E-state index contributed by atoms with van der Waals surface area (Å²) in [6, 6.07) is 2.09. The van der Waals surface area contributed by atoms with Crippen LogP contribution < -0.4 is 5.32 Å². The van der Waals surface area contributed by atoms with Crippen molar-refractivity contribution in [2.24, 2.45) is 11.8 Å². The van der Waals surface area contributed by atoms with E-state index in [9.17, 15) is 9.59 Å². The first-order valence-electron chi connectivity index (χ1n) is 6.53. The van der Waals surface area contributed by atoms with Gasteiger partial charge in [-0.3, -0.25) is 9.59 Å². The molecular formula is C14H19NO3S. The molecule has 2 N–H and O–H groups in total. The third-order valence-electron chi connectivity index (χ3n) is 3.81. The van der Waals surface area contributed by atoms with Crippen molar-refractivity contribution in [3.63, 3.8) is 0 Å². The fourth-order valence-corrected chi connectivity index (χ4v) is 3.49. The van der Waals surface area contributed by atoms with E-state index < -0.39 is 5.97 Å². The van der Waals surface area contributed by atoms with E-state index in [0.717, 1.165) is 4.88 Å². The highest BCUT2D eigenvalue weighted by atomic mass is 32.1. The number of nitrogens with one attached hydrogen (secondary N) is 1. The predicted molar refractivity (Wildman–Crippen MR) is 74.1 cm³/mol. The Morgan fingerprint density at radius 3 is 2.58 bits per heavy atom. The second kappa shape index (κ2) is 5.74. The number of hydrogen-bond acceptors (Lipinski definition) is 3. The first-order chi connectivity index (χ1) is 8.97. The van der Waals surface area contributed by atoms with Crippen molar-refractivity contribution in [2.45, 2.75) is 39.7 Å². The molecule has 4 nitrogen and oxygen atoms in total. The number of carbonyl (C=O) groups excluding carboxylic acids is 1. The molecule has 2 rings (SSSR count). The predicted octanol–water partition coefficient (Wildman–Crippen LogP) is 2.48. The zero-order chi connectivity index (χ0) is 14.0. The molecule has 104 valence electrons. The van der Waals surface area contributed by atoms with Crippen LogP contribution in [0.5, 0.6) is 0 Å². The number of carboxylic acid groups (broad SMARTS) is 1. The molecule has 1 aromatic heterocycles. The summed E-state index contributed by atoms with van der Waals surface area (Å²) in [7, 11) is 0. The zero-order valence-corrected chi connectivity index (χ0v) is 12.0.